The van der Waals surface area contributed by atoms with Crippen molar-refractivity contribution in [3.05, 3.63) is 71.7 Å². The molecule has 0 bridgehead atoms. The summed E-state index contributed by atoms with van der Waals surface area (Å²) in [4.78, 5) is 24.7. The number of nitrogens with one attached hydrogen (secondary N) is 1. The number of aliphatic carboxylic acids is 1. The van der Waals surface area contributed by atoms with E-state index >= 15 is 0 Å². The van der Waals surface area contributed by atoms with E-state index in [9.17, 15) is 9.90 Å². The molecule has 1 atom stereocenters. The highest BCUT2D eigenvalue weighted by molar-refractivity contribution is 5.81. The summed E-state index contributed by atoms with van der Waals surface area (Å²) in [5.41, 5.74) is 4.81. The summed E-state index contributed by atoms with van der Waals surface area (Å²) in [7, 11) is 0. The molecule has 0 aliphatic carbocycles. The summed E-state index contributed by atoms with van der Waals surface area (Å²) in [6.45, 7) is 3.31. The van der Waals surface area contributed by atoms with E-state index in [-0.39, 0.29) is 6.42 Å². The van der Waals surface area contributed by atoms with Gasteiger partial charge in [0, 0.05) is 42.0 Å². The maximum atomic E-state index is 11.5. The van der Waals surface area contributed by atoms with Gasteiger partial charge in [-0.2, -0.15) is 5.10 Å². The topological polar surface area (TPSA) is 115 Å². The molecule has 9 nitrogen and oxygen atoms in total. The highest BCUT2D eigenvalue weighted by Gasteiger charge is 2.21. The summed E-state index contributed by atoms with van der Waals surface area (Å²) < 4.78 is 7.70. The zero-order chi connectivity index (χ0) is 23.5. The monoisotopic (exact) mass is 458 g/mol. The number of rotatable bonds is 8. The number of nitrogens with zero attached hydrogens (tertiary/aromatic N) is 5. The number of hydrogen-bond donors (Lipinski definition) is 2. The Labute approximate surface area is 196 Å². The van der Waals surface area contributed by atoms with E-state index in [0.717, 1.165) is 59.5 Å². The molecule has 1 aliphatic rings. The Balaban J connectivity index is 1.30. The van der Waals surface area contributed by atoms with Crippen molar-refractivity contribution in [3.63, 3.8) is 0 Å². The van der Waals surface area contributed by atoms with E-state index in [1.807, 2.05) is 24.3 Å². The van der Waals surface area contributed by atoms with E-state index in [2.05, 4.69) is 26.4 Å². The smallest absolute Gasteiger partial charge is 0.305 e. The van der Waals surface area contributed by atoms with Crippen LogP contribution in [0.1, 0.15) is 41.7 Å². The molecule has 0 saturated heterocycles. The number of hydrogen-bond acceptors (Lipinski definition) is 7. The minimum absolute atomic E-state index is 0.120. The average Bonchev–Trinajstić information content (AvgIpc) is 3.26. The minimum atomic E-state index is -0.916. The van der Waals surface area contributed by atoms with Crippen molar-refractivity contribution in [2.24, 2.45) is 0 Å². The molecular formula is C25H26N6O3. The standard InChI is InChI=1S/C25H26N6O3/c1-16-27-13-18(14-28-16)24(12-25(32)33)31-23-7-5-20(11-17(23)15-29-31)34-10-8-19-4-6-21-22(30-19)3-2-9-26-21/h4-7,11,13-15,24,26H,2-3,8-10,12H2,1H3,(H,32,33)/t24-/m1/s1. The summed E-state index contributed by atoms with van der Waals surface area (Å²) in [5, 5.41) is 18.2. The van der Waals surface area contributed by atoms with Gasteiger partial charge in [0.15, 0.2) is 0 Å². The number of fused-ring (bicyclic) bond motifs is 2. The normalized spacial score (nSPS) is 13.8. The van der Waals surface area contributed by atoms with Crippen molar-refractivity contribution < 1.29 is 14.6 Å². The van der Waals surface area contributed by atoms with Gasteiger partial charge in [-0.05, 0) is 50.1 Å². The fraction of sp³-hybridized carbons (Fsp3) is 0.320. The first-order valence-electron chi connectivity index (χ1n) is 11.4. The van der Waals surface area contributed by atoms with Crippen molar-refractivity contribution in [1.29, 1.82) is 0 Å². The summed E-state index contributed by atoms with van der Waals surface area (Å²) in [6, 6.07) is 9.35. The second-order valence-electron chi connectivity index (χ2n) is 8.41. The maximum Gasteiger partial charge on any atom is 0.305 e. The van der Waals surface area contributed by atoms with E-state index in [1.54, 1.807) is 30.2 Å². The number of carboxylic acid groups (broad SMARTS) is 1. The second-order valence-corrected chi connectivity index (χ2v) is 8.41. The van der Waals surface area contributed by atoms with Crippen LogP contribution in [0.25, 0.3) is 10.9 Å². The summed E-state index contributed by atoms with van der Waals surface area (Å²) in [5.74, 6) is 0.452. The van der Waals surface area contributed by atoms with Gasteiger partial charge in [0.2, 0.25) is 0 Å². The van der Waals surface area contributed by atoms with Crippen LogP contribution in [0.2, 0.25) is 0 Å². The highest BCUT2D eigenvalue weighted by atomic mass is 16.5. The Bertz CT molecular complexity index is 1320. The van der Waals surface area contributed by atoms with Gasteiger partial charge in [-0.25, -0.2) is 9.97 Å². The van der Waals surface area contributed by atoms with Gasteiger partial charge in [-0.1, -0.05) is 0 Å². The largest absolute Gasteiger partial charge is 0.493 e. The molecule has 5 rings (SSSR count). The van der Waals surface area contributed by atoms with Crippen LogP contribution < -0.4 is 10.1 Å². The molecule has 1 aromatic carbocycles. The van der Waals surface area contributed by atoms with Gasteiger partial charge >= 0.3 is 5.97 Å². The first kappa shape index (κ1) is 21.8. The van der Waals surface area contributed by atoms with Gasteiger partial charge < -0.3 is 15.2 Å². The number of aryl methyl sites for hydroxylation is 2. The second kappa shape index (κ2) is 9.46. The number of carboxylic acids is 1. The number of aromatic nitrogens is 5. The fourth-order valence-electron chi connectivity index (χ4n) is 4.24. The lowest BCUT2D eigenvalue weighted by molar-refractivity contribution is -0.137. The Kier molecular flexibility index (Phi) is 6.07. The van der Waals surface area contributed by atoms with Gasteiger partial charge in [0.25, 0.3) is 0 Å². The van der Waals surface area contributed by atoms with Crippen molar-refractivity contribution in [2.75, 3.05) is 18.5 Å². The lowest BCUT2D eigenvalue weighted by Crippen LogP contribution is -2.17. The first-order valence-corrected chi connectivity index (χ1v) is 11.4. The molecule has 174 valence electrons. The first-order chi connectivity index (χ1) is 16.6. The molecule has 2 N–H and O–H groups in total. The third-order valence-corrected chi connectivity index (χ3v) is 5.98. The third-order valence-electron chi connectivity index (χ3n) is 5.98. The molecule has 0 spiro atoms. The van der Waals surface area contributed by atoms with Crippen LogP contribution in [0.3, 0.4) is 0 Å². The van der Waals surface area contributed by atoms with Crippen molar-refractivity contribution in [2.45, 2.75) is 38.6 Å². The molecule has 0 radical (unpaired) electrons. The molecule has 4 heterocycles. The Morgan fingerprint density at radius 3 is 2.88 bits per heavy atom. The molecule has 0 saturated carbocycles. The number of anilines is 1. The Morgan fingerprint density at radius 1 is 1.21 bits per heavy atom. The lowest BCUT2D eigenvalue weighted by Gasteiger charge is -2.17. The fourth-order valence-corrected chi connectivity index (χ4v) is 4.24. The number of carbonyl (C=O) groups is 1. The lowest BCUT2D eigenvalue weighted by atomic mass is 10.1. The Morgan fingerprint density at radius 2 is 2.06 bits per heavy atom. The molecule has 34 heavy (non-hydrogen) atoms. The number of benzene rings is 1. The molecule has 0 unspecified atom stereocenters. The zero-order valence-electron chi connectivity index (χ0n) is 18.9. The third kappa shape index (κ3) is 4.68. The van der Waals surface area contributed by atoms with Gasteiger partial charge in [-0.3, -0.25) is 14.5 Å². The Hall–Kier alpha value is -4.01. The SMILES string of the molecule is Cc1ncc([C@@H](CC(=O)O)n2ncc3cc(OCCc4ccc5c(n4)CCCN5)ccc32)cn1. The van der Waals surface area contributed by atoms with Crippen LogP contribution in [0.5, 0.6) is 5.75 Å². The van der Waals surface area contributed by atoms with Crippen LogP contribution >= 0.6 is 0 Å². The van der Waals surface area contributed by atoms with E-state index in [4.69, 9.17) is 9.72 Å². The average molecular weight is 459 g/mol. The van der Waals surface area contributed by atoms with Gasteiger partial charge in [0.1, 0.15) is 11.6 Å². The summed E-state index contributed by atoms with van der Waals surface area (Å²) in [6.07, 6.45) is 7.76. The predicted octanol–water partition coefficient (Wildman–Crippen LogP) is 3.57. The van der Waals surface area contributed by atoms with Crippen molar-refractivity contribution in [3.8, 4) is 5.75 Å². The molecule has 9 heteroatoms. The quantitative estimate of drug-likeness (QED) is 0.412. The molecule has 3 aromatic heterocycles. The highest BCUT2D eigenvalue weighted by Crippen LogP contribution is 2.28. The van der Waals surface area contributed by atoms with Crippen molar-refractivity contribution in [1.82, 2.24) is 24.7 Å². The minimum Gasteiger partial charge on any atom is -0.493 e. The summed E-state index contributed by atoms with van der Waals surface area (Å²) >= 11 is 0. The predicted molar refractivity (Wildman–Crippen MR) is 127 cm³/mol. The number of pyridine rings is 1. The van der Waals surface area contributed by atoms with E-state index in [1.165, 1.54) is 0 Å². The van der Waals surface area contributed by atoms with Crippen LogP contribution in [-0.4, -0.2) is 49.0 Å². The van der Waals surface area contributed by atoms with E-state index in [0.29, 0.717) is 18.0 Å². The van der Waals surface area contributed by atoms with Gasteiger partial charge in [0.05, 0.1) is 42.2 Å². The van der Waals surface area contributed by atoms with E-state index < -0.39 is 12.0 Å². The molecule has 0 amide bonds. The van der Waals surface area contributed by atoms with Gasteiger partial charge in [-0.15, -0.1) is 0 Å². The van der Waals surface area contributed by atoms with Crippen LogP contribution in [0.4, 0.5) is 5.69 Å². The van der Waals surface area contributed by atoms with Crippen LogP contribution in [0, 0.1) is 6.92 Å². The molecular weight excluding hydrogens is 432 g/mol. The number of ether oxygens (including phenoxy) is 1. The molecule has 0 fully saturated rings. The molecule has 4 aromatic rings. The molecule has 1 aliphatic heterocycles. The van der Waals surface area contributed by atoms with Crippen molar-refractivity contribution >= 4 is 22.6 Å². The maximum absolute atomic E-state index is 11.5. The zero-order valence-corrected chi connectivity index (χ0v) is 18.9. The van der Waals surface area contributed by atoms with Crippen LogP contribution in [0.15, 0.2) is 48.9 Å². The van der Waals surface area contributed by atoms with Crippen LogP contribution in [-0.2, 0) is 17.6 Å².